The van der Waals surface area contributed by atoms with Crippen molar-refractivity contribution in [2.75, 3.05) is 5.75 Å². The summed E-state index contributed by atoms with van der Waals surface area (Å²) >= 11 is 7.63. The van der Waals surface area contributed by atoms with Crippen LogP contribution in [0.3, 0.4) is 0 Å². The molecule has 0 aliphatic carbocycles. The number of fused-ring (bicyclic) bond motifs is 1. The second-order valence-corrected chi connectivity index (χ2v) is 7.51. The van der Waals surface area contributed by atoms with Gasteiger partial charge < -0.3 is 9.84 Å². The summed E-state index contributed by atoms with van der Waals surface area (Å²) in [4.78, 5) is 12.8. The van der Waals surface area contributed by atoms with E-state index in [9.17, 15) is 9.50 Å². The molecule has 1 saturated heterocycles. The number of ether oxygens (including phenoxy) is 1. The summed E-state index contributed by atoms with van der Waals surface area (Å²) < 4.78 is 21.7. The monoisotopic (exact) mass is 388 g/mol. The van der Waals surface area contributed by atoms with E-state index in [1.54, 1.807) is 11.8 Å². The topological polar surface area (TPSA) is 73.1 Å². The largest absolute Gasteiger partial charge is 0.387 e. The molecule has 1 aliphatic rings. The van der Waals surface area contributed by atoms with E-state index >= 15 is 0 Å². The Morgan fingerprint density at radius 1 is 1.36 bits per heavy atom. The van der Waals surface area contributed by atoms with Crippen LogP contribution in [0.1, 0.15) is 45.8 Å². The molecule has 25 heavy (non-hydrogen) atoms. The van der Waals surface area contributed by atoms with Crippen molar-refractivity contribution in [3.8, 4) is 0 Å². The number of imidazole rings is 1. The van der Waals surface area contributed by atoms with E-state index < -0.39 is 24.6 Å². The normalized spacial score (nSPS) is 26.6. The van der Waals surface area contributed by atoms with Crippen LogP contribution in [0.25, 0.3) is 11.2 Å². The SMILES string of the molecule is CCCCCSc1nc(Cl)nc2c1ncn2[C@@H]1O[C@H](CC)[C@@H](O)[C@@H]1F. The van der Waals surface area contributed by atoms with Gasteiger partial charge in [-0.1, -0.05) is 26.7 Å². The number of alkyl halides is 1. The minimum atomic E-state index is -1.54. The molecular weight excluding hydrogens is 367 g/mol. The van der Waals surface area contributed by atoms with Crippen LogP contribution >= 0.6 is 23.4 Å². The van der Waals surface area contributed by atoms with Crippen molar-refractivity contribution in [3.63, 3.8) is 0 Å². The maximum absolute atomic E-state index is 14.5. The first kappa shape index (κ1) is 18.8. The van der Waals surface area contributed by atoms with Gasteiger partial charge in [0.2, 0.25) is 5.28 Å². The third kappa shape index (κ3) is 3.77. The summed E-state index contributed by atoms with van der Waals surface area (Å²) in [7, 11) is 0. The Kier molecular flexibility index (Phi) is 6.14. The zero-order chi connectivity index (χ0) is 18.0. The first-order valence-electron chi connectivity index (χ1n) is 8.57. The zero-order valence-corrected chi connectivity index (χ0v) is 15.8. The maximum atomic E-state index is 14.5. The molecule has 0 unspecified atom stereocenters. The highest BCUT2D eigenvalue weighted by Crippen LogP contribution is 2.36. The Labute approximate surface area is 155 Å². The van der Waals surface area contributed by atoms with E-state index in [1.165, 1.54) is 10.9 Å². The number of thioether (sulfide) groups is 1. The van der Waals surface area contributed by atoms with E-state index in [0.717, 1.165) is 25.0 Å². The molecule has 0 saturated carbocycles. The molecule has 0 spiro atoms. The molecule has 2 aromatic heterocycles. The van der Waals surface area contributed by atoms with Crippen LogP contribution in [0.2, 0.25) is 5.28 Å². The smallest absolute Gasteiger partial charge is 0.225 e. The molecule has 3 rings (SSSR count). The van der Waals surface area contributed by atoms with E-state index in [0.29, 0.717) is 22.6 Å². The van der Waals surface area contributed by atoms with Crippen molar-refractivity contribution >= 4 is 34.5 Å². The summed E-state index contributed by atoms with van der Waals surface area (Å²) in [5.41, 5.74) is 1.01. The molecule has 3 heterocycles. The van der Waals surface area contributed by atoms with Crippen LogP contribution in [-0.2, 0) is 4.74 Å². The fourth-order valence-corrected chi connectivity index (χ4v) is 4.13. The Bertz CT molecular complexity index is 731. The van der Waals surface area contributed by atoms with Crippen LogP contribution in [0, 0.1) is 0 Å². The summed E-state index contributed by atoms with van der Waals surface area (Å²) in [6, 6.07) is 0. The van der Waals surface area contributed by atoms with Gasteiger partial charge in [-0.25, -0.2) is 14.4 Å². The number of nitrogens with zero attached hydrogens (tertiary/aromatic N) is 4. The van der Waals surface area contributed by atoms with Crippen LogP contribution in [0.5, 0.6) is 0 Å². The van der Waals surface area contributed by atoms with Gasteiger partial charge in [0.05, 0.1) is 12.4 Å². The van der Waals surface area contributed by atoms with Crippen molar-refractivity contribution in [1.82, 2.24) is 19.5 Å². The summed E-state index contributed by atoms with van der Waals surface area (Å²) in [6.07, 6.45) is 1.17. The highest BCUT2D eigenvalue weighted by molar-refractivity contribution is 7.99. The molecule has 0 bridgehead atoms. The molecule has 6 nitrogen and oxygen atoms in total. The van der Waals surface area contributed by atoms with Crippen molar-refractivity contribution < 1.29 is 14.2 Å². The van der Waals surface area contributed by atoms with Crippen LogP contribution in [-0.4, -0.2) is 48.8 Å². The number of hydrogen-bond donors (Lipinski definition) is 1. The lowest BCUT2D eigenvalue weighted by atomic mass is 10.1. The predicted molar refractivity (Wildman–Crippen MR) is 95.7 cm³/mol. The molecule has 4 atom stereocenters. The van der Waals surface area contributed by atoms with Crippen molar-refractivity contribution in [1.29, 1.82) is 0 Å². The van der Waals surface area contributed by atoms with Crippen LogP contribution < -0.4 is 0 Å². The second-order valence-electron chi connectivity index (χ2n) is 6.09. The lowest BCUT2D eigenvalue weighted by Crippen LogP contribution is -2.27. The molecule has 1 N–H and O–H groups in total. The fourth-order valence-electron chi connectivity index (χ4n) is 2.94. The predicted octanol–water partition coefficient (Wildman–Crippen LogP) is 3.77. The van der Waals surface area contributed by atoms with E-state index in [4.69, 9.17) is 16.3 Å². The third-order valence-corrected chi connectivity index (χ3v) is 5.54. The van der Waals surface area contributed by atoms with Crippen molar-refractivity contribution in [3.05, 3.63) is 11.6 Å². The molecule has 0 aromatic carbocycles. The van der Waals surface area contributed by atoms with Crippen LogP contribution in [0.15, 0.2) is 11.4 Å². The van der Waals surface area contributed by atoms with E-state index in [1.807, 2.05) is 6.92 Å². The minimum Gasteiger partial charge on any atom is -0.387 e. The summed E-state index contributed by atoms with van der Waals surface area (Å²) in [5.74, 6) is 0.908. The van der Waals surface area contributed by atoms with Gasteiger partial charge in [0.1, 0.15) is 16.6 Å². The minimum absolute atomic E-state index is 0.0910. The summed E-state index contributed by atoms with van der Waals surface area (Å²) in [5, 5.41) is 10.8. The molecule has 9 heteroatoms. The number of aliphatic hydroxyl groups is 1. The Balaban J connectivity index is 1.89. The quantitative estimate of drug-likeness (QED) is 0.337. The average molecular weight is 389 g/mol. The Morgan fingerprint density at radius 3 is 2.84 bits per heavy atom. The second kappa shape index (κ2) is 8.16. The molecule has 2 aromatic rings. The third-order valence-electron chi connectivity index (χ3n) is 4.32. The van der Waals surface area contributed by atoms with Gasteiger partial charge in [-0.15, -0.1) is 11.8 Å². The van der Waals surface area contributed by atoms with Crippen molar-refractivity contribution in [2.24, 2.45) is 0 Å². The van der Waals surface area contributed by atoms with Crippen molar-refractivity contribution in [2.45, 2.75) is 69.2 Å². The van der Waals surface area contributed by atoms with Gasteiger partial charge >= 0.3 is 0 Å². The van der Waals surface area contributed by atoms with Gasteiger partial charge in [0.25, 0.3) is 0 Å². The number of unbranched alkanes of at least 4 members (excludes halogenated alkanes) is 2. The Morgan fingerprint density at radius 2 is 2.16 bits per heavy atom. The van der Waals surface area contributed by atoms with Crippen LogP contribution in [0.4, 0.5) is 4.39 Å². The maximum Gasteiger partial charge on any atom is 0.225 e. The molecule has 1 fully saturated rings. The van der Waals surface area contributed by atoms with E-state index in [2.05, 4.69) is 21.9 Å². The highest BCUT2D eigenvalue weighted by atomic mass is 35.5. The first-order valence-corrected chi connectivity index (χ1v) is 9.93. The summed E-state index contributed by atoms with van der Waals surface area (Å²) in [6.45, 7) is 4.00. The number of aliphatic hydroxyl groups excluding tert-OH is 1. The van der Waals surface area contributed by atoms with Gasteiger partial charge in [-0.3, -0.25) is 4.57 Å². The van der Waals surface area contributed by atoms with E-state index in [-0.39, 0.29) is 5.28 Å². The lowest BCUT2D eigenvalue weighted by molar-refractivity contribution is -0.0238. The Hall–Kier alpha value is -0.960. The standard InChI is InChI=1S/C16H22ClFN4O2S/c1-3-5-6-7-25-14-11-13(20-16(17)21-14)22(8-19-11)15-10(18)12(23)9(4-2)24-15/h8-10,12,15,23H,3-7H2,1-2H3/t9-,10+,12-,15-/m1/s1. The van der Waals surface area contributed by atoms with Gasteiger partial charge in [-0.2, -0.15) is 4.98 Å². The van der Waals surface area contributed by atoms with Gasteiger partial charge in [0, 0.05) is 0 Å². The van der Waals surface area contributed by atoms with Gasteiger partial charge in [-0.05, 0) is 30.2 Å². The number of aromatic nitrogens is 4. The average Bonchev–Trinajstić information content (AvgIpc) is 3.13. The molecule has 0 radical (unpaired) electrons. The molecule has 138 valence electrons. The molecule has 1 aliphatic heterocycles. The number of rotatable bonds is 7. The first-order chi connectivity index (χ1) is 12.1. The highest BCUT2D eigenvalue weighted by Gasteiger charge is 2.44. The molecular formula is C16H22ClFN4O2S. The lowest BCUT2D eigenvalue weighted by Gasteiger charge is -2.15. The van der Waals surface area contributed by atoms with Gasteiger partial charge in [0.15, 0.2) is 18.0 Å². The number of hydrogen-bond acceptors (Lipinski definition) is 6. The number of halogens is 2. The fraction of sp³-hybridized carbons (Fsp3) is 0.688. The zero-order valence-electron chi connectivity index (χ0n) is 14.2. The molecule has 0 amide bonds.